The van der Waals surface area contributed by atoms with Gasteiger partial charge in [-0.2, -0.15) is 4.99 Å². The van der Waals surface area contributed by atoms with Gasteiger partial charge in [-0.3, -0.25) is 4.79 Å². The first-order valence-electron chi connectivity index (χ1n) is 8.44. The van der Waals surface area contributed by atoms with Crippen LogP contribution in [-0.2, 0) is 11.3 Å². The standard InChI is InChI=1S/C21H19FN2O3S/c1-4-11-24-16-8-7-15(22)13-19(16)28-21(24)23-20(25)10-6-14-5-9-17(26-2)18(12-14)27-3/h4-10,12-13H,1,11H2,2-3H3/b10-6-,23-21?. The van der Waals surface area contributed by atoms with Crippen molar-refractivity contribution >= 4 is 33.5 Å². The molecule has 0 aliphatic heterocycles. The summed E-state index contributed by atoms with van der Waals surface area (Å²) in [5.41, 5.74) is 1.58. The van der Waals surface area contributed by atoms with Gasteiger partial charge in [-0.1, -0.05) is 23.5 Å². The van der Waals surface area contributed by atoms with Gasteiger partial charge in [0.1, 0.15) is 5.82 Å². The van der Waals surface area contributed by atoms with E-state index >= 15 is 0 Å². The Morgan fingerprint density at radius 2 is 2.00 bits per heavy atom. The van der Waals surface area contributed by atoms with Gasteiger partial charge >= 0.3 is 0 Å². The molecule has 1 aromatic heterocycles. The molecule has 0 atom stereocenters. The predicted octanol–water partition coefficient (Wildman–Crippen LogP) is 4.19. The summed E-state index contributed by atoms with van der Waals surface area (Å²) < 4.78 is 26.5. The summed E-state index contributed by atoms with van der Waals surface area (Å²) in [6.45, 7) is 4.20. The smallest absolute Gasteiger partial charge is 0.272 e. The molecule has 144 valence electrons. The number of amides is 1. The number of halogens is 1. The van der Waals surface area contributed by atoms with Gasteiger partial charge in [-0.05, 0) is 42.0 Å². The minimum Gasteiger partial charge on any atom is -0.493 e. The molecule has 0 unspecified atom stereocenters. The largest absolute Gasteiger partial charge is 0.493 e. The van der Waals surface area contributed by atoms with Crippen LogP contribution in [0.2, 0.25) is 0 Å². The molecule has 5 nitrogen and oxygen atoms in total. The highest BCUT2D eigenvalue weighted by Crippen LogP contribution is 2.28. The molecule has 0 aliphatic carbocycles. The number of nitrogens with zero attached hydrogens (tertiary/aromatic N) is 2. The summed E-state index contributed by atoms with van der Waals surface area (Å²) >= 11 is 1.26. The molecule has 1 heterocycles. The fraction of sp³-hybridized carbons (Fsp3) is 0.143. The van der Waals surface area contributed by atoms with Crippen molar-refractivity contribution in [2.24, 2.45) is 4.99 Å². The third-order valence-corrected chi connectivity index (χ3v) is 5.03. The number of hydrogen-bond acceptors (Lipinski definition) is 4. The molecule has 1 amide bonds. The highest BCUT2D eigenvalue weighted by atomic mass is 32.1. The molecule has 0 bridgehead atoms. The predicted molar refractivity (Wildman–Crippen MR) is 109 cm³/mol. The van der Waals surface area contributed by atoms with E-state index in [4.69, 9.17) is 9.47 Å². The van der Waals surface area contributed by atoms with Gasteiger partial charge in [-0.15, -0.1) is 6.58 Å². The number of aromatic nitrogens is 1. The number of ether oxygens (including phenoxy) is 2. The summed E-state index contributed by atoms with van der Waals surface area (Å²) in [5, 5.41) is 0. The molecule has 0 aliphatic rings. The van der Waals surface area contributed by atoms with Crippen LogP contribution in [0.5, 0.6) is 11.5 Å². The second-order valence-electron chi connectivity index (χ2n) is 5.79. The van der Waals surface area contributed by atoms with Crippen molar-refractivity contribution in [1.82, 2.24) is 4.57 Å². The fourth-order valence-electron chi connectivity index (χ4n) is 2.69. The number of carbonyl (C=O) groups excluding carboxylic acids is 1. The number of benzene rings is 2. The van der Waals surface area contributed by atoms with Gasteiger partial charge in [0.15, 0.2) is 16.3 Å². The van der Waals surface area contributed by atoms with Crippen LogP contribution in [0.15, 0.2) is 60.1 Å². The van der Waals surface area contributed by atoms with Crippen LogP contribution in [0.4, 0.5) is 4.39 Å². The molecule has 0 fully saturated rings. The lowest BCUT2D eigenvalue weighted by molar-refractivity contribution is -0.113. The SMILES string of the molecule is C=CCn1c(=NC(=O)/C=C\c2ccc(OC)c(OC)c2)sc2cc(F)ccc21. The highest BCUT2D eigenvalue weighted by Gasteiger charge is 2.07. The second-order valence-corrected chi connectivity index (χ2v) is 6.80. The molecule has 2 aromatic carbocycles. The van der Waals surface area contributed by atoms with E-state index in [0.29, 0.717) is 22.8 Å². The van der Waals surface area contributed by atoms with E-state index in [0.717, 1.165) is 15.8 Å². The topological polar surface area (TPSA) is 52.8 Å². The first-order valence-corrected chi connectivity index (χ1v) is 9.26. The Hall–Kier alpha value is -3.19. The first kappa shape index (κ1) is 19.6. The molecule has 7 heteroatoms. The monoisotopic (exact) mass is 398 g/mol. The van der Waals surface area contributed by atoms with Crippen LogP contribution < -0.4 is 14.3 Å². The quantitative estimate of drug-likeness (QED) is 0.462. The third-order valence-electron chi connectivity index (χ3n) is 3.99. The average Bonchev–Trinajstić information content (AvgIpc) is 3.02. The molecule has 0 radical (unpaired) electrons. The van der Waals surface area contributed by atoms with Crippen LogP contribution >= 0.6 is 11.3 Å². The van der Waals surface area contributed by atoms with Crippen LogP contribution in [0.3, 0.4) is 0 Å². The normalized spacial score (nSPS) is 11.9. The lowest BCUT2D eigenvalue weighted by Gasteiger charge is -2.07. The maximum Gasteiger partial charge on any atom is 0.272 e. The minimum absolute atomic E-state index is 0.328. The lowest BCUT2D eigenvalue weighted by Crippen LogP contribution is -2.15. The van der Waals surface area contributed by atoms with Gasteiger partial charge in [0.25, 0.3) is 5.91 Å². The zero-order chi connectivity index (χ0) is 20.1. The number of allylic oxidation sites excluding steroid dienone is 1. The number of fused-ring (bicyclic) bond motifs is 1. The highest BCUT2D eigenvalue weighted by molar-refractivity contribution is 7.16. The summed E-state index contributed by atoms with van der Waals surface area (Å²) in [5.74, 6) is 0.438. The maximum absolute atomic E-state index is 13.5. The molecular weight excluding hydrogens is 379 g/mol. The molecule has 3 rings (SSSR count). The van der Waals surface area contributed by atoms with E-state index in [2.05, 4.69) is 11.6 Å². The molecular formula is C21H19FN2O3S. The van der Waals surface area contributed by atoms with E-state index in [1.807, 2.05) is 10.6 Å². The van der Waals surface area contributed by atoms with Crippen molar-refractivity contribution in [2.45, 2.75) is 6.54 Å². The van der Waals surface area contributed by atoms with Crippen LogP contribution in [-0.4, -0.2) is 24.7 Å². The summed E-state index contributed by atoms with van der Waals surface area (Å²) in [4.78, 5) is 17.0. The Balaban J connectivity index is 1.93. The zero-order valence-electron chi connectivity index (χ0n) is 15.5. The Bertz CT molecular complexity index is 1130. The van der Waals surface area contributed by atoms with E-state index in [9.17, 15) is 9.18 Å². The second kappa shape index (κ2) is 8.67. The van der Waals surface area contributed by atoms with Crippen LogP contribution in [0, 0.1) is 5.82 Å². The molecule has 28 heavy (non-hydrogen) atoms. The molecule has 0 saturated carbocycles. The van der Waals surface area contributed by atoms with Gasteiger partial charge in [-0.25, -0.2) is 4.39 Å². The fourth-order valence-corrected chi connectivity index (χ4v) is 3.76. The van der Waals surface area contributed by atoms with Crippen molar-refractivity contribution < 1.29 is 18.7 Å². The number of methoxy groups -OCH3 is 2. The van der Waals surface area contributed by atoms with E-state index in [1.165, 1.54) is 29.5 Å². The number of rotatable bonds is 6. The lowest BCUT2D eigenvalue weighted by atomic mass is 10.2. The Morgan fingerprint density at radius 1 is 1.21 bits per heavy atom. The summed E-state index contributed by atoms with van der Waals surface area (Å²) in [6.07, 6.45) is 4.74. The van der Waals surface area contributed by atoms with Crippen LogP contribution in [0.25, 0.3) is 16.3 Å². The van der Waals surface area contributed by atoms with Crippen molar-refractivity contribution in [3.63, 3.8) is 0 Å². The van der Waals surface area contributed by atoms with Gasteiger partial charge in [0, 0.05) is 12.6 Å². The van der Waals surface area contributed by atoms with Crippen molar-refractivity contribution in [2.75, 3.05) is 14.2 Å². The summed E-state index contributed by atoms with van der Waals surface area (Å²) in [6, 6.07) is 9.83. The number of thiazole rings is 1. The van der Waals surface area contributed by atoms with Crippen molar-refractivity contribution in [1.29, 1.82) is 0 Å². The molecule has 3 aromatic rings. The third kappa shape index (κ3) is 4.20. The Morgan fingerprint density at radius 3 is 2.71 bits per heavy atom. The zero-order valence-corrected chi connectivity index (χ0v) is 16.3. The number of hydrogen-bond donors (Lipinski definition) is 0. The van der Waals surface area contributed by atoms with Gasteiger partial charge < -0.3 is 14.0 Å². The van der Waals surface area contributed by atoms with E-state index in [1.54, 1.807) is 44.6 Å². The van der Waals surface area contributed by atoms with E-state index < -0.39 is 5.91 Å². The molecule has 0 N–H and O–H groups in total. The van der Waals surface area contributed by atoms with Crippen molar-refractivity contribution in [3.8, 4) is 11.5 Å². The van der Waals surface area contributed by atoms with E-state index in [-0.39, 0.29) is 5.82 Å². The average molecular weight is 398 g/mol. The van der Waals surface area contributed by atoms with Gasteiger partial charge in [0.2, 0.25) is 0 Å². The first-order chi connectivity index (χ1) is 13.5. The molecule has 0 saturated heterocycles. The Kier molecular flexibility index (Phi) is 6.06. The van der Waals surface area contributed by atoms with Gasteiger partial charge in [0.05, 0.1) is 24.4 Å². The van der Waals surface area contributed by atoms with Crippen molar-refractivity contribution in [3.05, 3.63) is 71.3 Å². The maximum atomic E-state index is 13.5. The van der Waals surface area contributed by atoms with Crippen LogP contribution in [0.1, 0.15) is 5.56 Å². The Labute approximate surface area is 165 Å². The summed E-state index contributed by atoms with van der Waals surface area (Å²) in [7, 11) is 3.11. The number of carbonyl (C=O) groups is 1. The molecule has 0 spiro atoms. The minimum atomic E-state index is -0.417.